The van der Waals surface area contributed by atoms with Crippen LogP contribution in [0.3, 0.4) is 0 Å². The number of benzene rings is 2. The van der Waals surface area contributed by atoms with E-state index in [0.29, 0.717) is 17.2 Å². The van der Waals surface area contributed by atoms with Crippen LogP contribution in [-0.2, 0) is 6.42 Å². The Morgan fingerprint density at radius 1 is 1.20 bits per heavy atom. The number of halogens is 3. The summed E-state index contributed by atoms with van der Waals surface area (Å²) < 4.78 is 14.0. The van der Waals surface area contributed by atoms with Crippen molar-refractivity contribution < 1.29 is 9.50 Å². The molecule has 2 rings (SSSR count). The topological polar surface area (TPSA) is 20.2 Å². The van der Waals surface area contributed by atoms with Crippen LogP contribution in [0.5, 0.6) is 0 Å². The first kappa shape index (κ1) is 15.8. The zero-order chi connectivity index (χ0) is 14.5. The molecule has 1 atom stereocenters. The van der Waals surface area contributed by atoms with E-state index in [1.54, 1.807) is 17.8 Å². The summed E-state index contributed by atoms with van der Waals surface area (Å²) in [5.74, 6) is 0.255. The van der Waals surface area contributed by atoms with Gasteiger partial charge in [-0.15, -0.1) is 11.8 Å². The predicted molar refractivity (Wildman–Crippen MR) is 86.0 cm³/mol. The summed E-state index contributed by atoms with van der Waals surface area (Å²) in [6, 6.07) is 12.0. The van der Waals surface area contributed by atoms with Gasteiger partial charge in [0.25, 0.3) is 0 Å². The van der Waals surface area contributed by atoms with Crippen molar-refractivity contribution in [3.8, 4) is 0 Å². The zero-order valence-corrected chi connectivity index (χ0v) is 13.7. The number of rotatable bonds is 5. The van der Waals surface area contributed by atoms with Gasteiger partial charge in [0.05, 0.1) is 6.10 Å². The lowest BCUT2D eigenvalue weighted by Gasteiger charge is -2.12. The van der Waals surface area contributed by atoms with Crippen LogP contribution in [0.1, 0.15) is 5.56 Å². The number of thioether (sulfide) groups is 1. The molecular formula is C15H13BrClFOS. The summed E-state index contributed by atoms with van der Waals surface area (Å²) in [6.07, 6.45) is -0.118. The largest absolute Gasteiger partial charge is 0.392 e. The lowest BCUT2D eigenvalue weighted by atomic mass is 10.1. The van der Waals surface area contributed by atoms with Crippen LogP contribution in [-0.4, -0.2) is 17.0 Å². The van der Waals surface area contributed by atoms with Crippen molar-refractivity contribution >= 4 is 39.3 Å². The van der Waals surface area contributed by atoms with Gasteiger partial charge in [0.1, 0.15) is 5.82 Å². The molecule has 2 aromatic rings. The molecular weight excluding hydrogens is 363 g/mol. The van der Waals surface area contributed by atoms with Crippen molar-refractivity contribution in [2.24, 2.45) is 0 Å². The van der Waals surface area contributed by atoms with Crippen LogP contribution in [0.15, 0.2) is 51.8 Å². The van der Waals surface area contributed by atoms with Crippen molar-refractivity contribution in [2.75, 3.05) is 5.75 Å². The Kier molecular flexibility index (Phi) is 5.90. The molecule has 0 bridgehead atoms. The highest BCUT2D eigenvalue weighted by molar-refractivity contribution is 9.10. The first-order chi connectivity index (χ1) is 9.54. The van der Waals surface area contributed by atoms with E-state index in [2.05, 4.69) is 15.9 Å². The second-order valence-electron chi connectivity index (χ2n) is 4.36. The predicted octanol–water partition coefficient (Wildman–Crippen LogP) is 4.94. The highest BCUT2D eigenvalue weighted by atomic mass is 79.9. The van der Waals surface area contributed by atoms with E-state index in [1.807, 2.05) is 24.3 Å². The van der Waals surface area contributed by atoms with E-state index in [1.165, 1.54) is 12.1 Å². The first-order valence-electron chi connectivity index (χ1n) is 6.05. The van der Waals surface area contributed by atoms with Crippen LogP contribution < -0.4 is 0 Å². The molecule has 0 spiro atoms. The van der Waals surface area contributed by atoms with Gasteiger partial charge in [0, 0.05) is 26.6 Å². The molecule has 20 heavy (non-hydrogen) atoms. The molecule has 0 saturated heterocycles. The number of hydrogen-bond acceptors (Lipinski definition) is 2. The van der Waals surface area contributed by atoms with Crippen LogP contribution in [0.2, 0.25) is 5.02 Å². The maximum absolute atomic E-state index is 13.2. The maximum atomic E-state index is 13.2. The normalized spacial score (nSPS) is 12.4. The molecule has 0 aliphatic heterocycles. The summed E-state index contributed by atoms with van der Waals surface area (Å²) >= 11 is 10.7. The highest BCUT2D eigenvalue weighted by Crippen LogP contribution is 2.24. The van der Waals surface area contributed by atoms with Gasteiger partial charge in [-0.2, -0.15) is 0 Å². The summed E-state index contributed by atoms with van der Waals surface area (Å²) in [6.45, 7) is 0. The molecule has 0 aromatic heterocycles. The molecule has 0 fully saturated rings. The highest BCUT2D eigenvalue weighted by Gasteiger charge is 2.10. The van der Waals surface area contributed by atoms with Gasteiger partial charge in [-0.3, -0.25) is 0 Å². The van der Waals surface area contributed by atoms with Gasteiger partial charge in [0.15, 0.2) is 0 Å². The van der Waals surface area contributed by atoms with Gasteiger partial charge in [-0.1, -0.05) is 27.5 Å². The molecule has 0 amide bonds. The smallest absolute Gasteiger partial charge is 0.123 e. The van der Waals surface area contributed by atoms with Gasteiger partial charge < -0.3 is 5.11 Å². The van der Waals surface area contributed by atoms with Gasteiger partial charge in [-0.05, 0) is 48.0 Å². The van der Waals surface area contributed by atoms with Crippen molar-refractivity contribution in [2.45, 2.75) is 17.4 Å². The molecule has 106 valence electrons. The molecule has 2 aromatic carbocycles. The Morgan fingerprint density at radius 3 is 2.60 bits per heavy atom. The fourth-order valence-corrected chi connectivity index (χ4v) is 3.10. The Bertz CT molecular complexity index is 577. The van der Waals surface area contributed by atoms with Crippen molar-refractivity contribution in [1.82, 2.24) is 0 Å². The second-order valence-corrected chi connectivity index (χ2v) is 6.74. The maximum Gasteiger partial charge on any atom is 0.123 e. The minimum atomic E-state index is -0.534. The number of aliphatic hydroxyl groups is 1. The molecule has 0 aliphatic carbocycles. The third-order valence-electron chi connectivity index (χ3n) is 2.72. The Morgan fingerprint density at radius 2 is 1.90 bits per heavy atom. The molecule has 1 unspecified atom stereocenters. The Labute approximate surface area is 135 Å². The van der Waals surface area contributed by atoms with Crippen molar-refractivity contribution in [1.29, 1.82) is 0 Å². The molecule has 1 nitrogen and oxygen atoms in total. The van der Waals surface area contributed by atoms with Gasteiger partial charge in [0.2, 0.25) is 0 Å². The number of aliphatic hydroxyl groups excluding tert-OH is 1. The van der Waals surface area contributed by atoms with Crippen LogP contribution in [0, 0.1) is 5.82 Å². The van der Waals surface area contributed by atoms with E-state index in [-0.39, 0.29) is 5.82 Å². The average Bonchev–Trinajstić information content (AvgIpc) is 2.42. The van der Waals surface area contributed by atoms with Gasteiger partial charge >= 0.3 is 0 Å². The molecule has 0 saturated carbocycles. The van der Waals surface area contributed by atoms with Gasteiger partial charge in [-0.25, -0.2) is 4.39 Å². The van der Waals surface area contributed by atoms with E-state index in [0.717, 1.165) is 14.9 Å². The fraction of sp³-hybridized carbons (Fsp3) is 0.200. The summed E-state index contributed by atoms with van der Waals surface area (Å²) in [5, 5.41) is 10.7. The zero-order valence-electron chi connectivity index (χ0n) is 10.5. The lowest BCUT2D eigenvalue weighted by Crippen LogP contribution is -2.14. The minimum Gasteiger partial charge on any atom is -0.392 e. The standard InChI is InChI=1S/C15H13BrClFOS/c16-15-6-3-12(18)7-10(15)8-13(19)9-20-14-4-1-11(17)2-5-14/h1-7,13,19H,8-9H2. The number of hydrogen-bond donors (Lipinski definition) is 1. The lowest BCUT2D eigenvalue weighted by molar-refractivity contribution is 0.200. The van der Waals surface area contributed by atoms with E-state index >= 15 is 0 Å². The Balaban J connectivity index is 1.90. The van der Waals surface area contributed by atoms with Crippen molar-refractivity contribution in [3.63, 3.8) is 0 Å². The van der Waals surface area contributed by atoms with Crippen LogP contribution >= 0.6 is 39.3 Å². The minimum absolute atomic E-state index is 0.291. The van der Waals surface area contributed by atoms with E-state index < -0.39 is 6.10 Å². The van der Waals surface area contributed by atoms with Crippen LogP contribution in [0.4, 0.5) is 4.39 Å². The third kappa shape index (κ3) is 4.77. The molecule has 1 N–H and O–H groups in total. The fourth-order valence-electron chi connectivity index (χ4n) is 1.74. The molecule has 0 radical (unpaired) electrons. The quantitative estimate of drug-likeness (QED) is 0.747. The second kappa shape index (κ2) is 7.46. The third-order valence-corrected chi connectivity index (χ3v) is 4.90. The van der Waals surface area contributed by atoms with Crippen LogP contribution in [0.25, 0.3) is 0 Å². The Hall–Kier alpha value is -0.550. The molecule has 0 heterocycles. The summed E-state index contributed by atoms with van der Waals surface area (Å²) in [4.78, 5) is 1.05. The monoisotopic (exact) mass is 374 g/mol. The first-order valence-corrected chi connectivity index (χ1v) is 8.20. The SMILES string of the molecule is OC(CSc1ccc(Cl)cc1)Cc1cc(F)ccc1Br. The molecule has 0 aliphatic rings. The summed E-state index contributed by atoms with van der Waals surface area (Å²) in [5.41, 5.74) is 0.772. The van der Waals surface area contributed by atoms with E-state index in [9.17, 15) is 9.50 Å². The summed E-state index contributed by atoms with van der Waals surface area (Å²) in [7, 11) is 0. The average molecular weight is 376 g/mol. The van der Waals surface area contributed by atoms with Crippen molar-refractivity contribution in [3.05, 3.63) is 63.3 Å². The van der Waals surface area contributed by atoms with E-state index in [4.69, 9.17) is 11.6 Å². The molecule has 5 heteroatoms.